The molecule has 0 saturated carbocycles. The predicted octanol–water partition coefficient (Wildman–Crippen LogP) is 4.59. The standard InChI is InChI=1S/C13H9ClF4N2/c14-8-1-6-11(19-7-8)12(13(16,17)18)20-10-4-2-9(15)3-5-10/h1-7,12,20H/t12-/m0/s1. The lowest BCUT2D eigenvalue weighted by molar-refractivity contribution is -0.144. The van der Waals surface area contributed by atoms with Gasteiger partial charge in [-0.1, -0.05) is 11.6 Å². The molecule has 1 N–H and O–H groups in total. The molecule has 1 heterocycles. The predicted molar refractivity (Wildman–Crippen MR) is 68.1 cm³/mol. The van der Waals surface area contributed by atoms with Crippen LogP contribution in [0, 0.1) is 5.82 Å². The molecule has 106 valence electrons. The van der Waals surface area contributed by atoms with Crippen molar-refractivity contribution in [3.8, 4) is 0 Å². The van der Waals surface area contributed by atoms with Crippen LogP contribution in [0.5, 0.6) is 0 Å². The summed E-state index contributed by atoms with van der Waals surface area (Å²) in [5.41, 5.74) is -0.0725. The summed E-state index contributed by atoms with van der Waals surface area (Å²) < 4.78 is 51.9. The highest BCUT2D eigenvalue weighted by atomic mass is 35.5. The van der Waals surface area contributed by atoms with Crippen LogP contribution in [-0.4, -0.2) is 11.2 Å². The van der Waals surface area contributed by atoms with E-state index in [2.05, 4.69) is 10.3 Å². The summed E-state index contributed by atoms with van der Waals surface area (Å²) in [5, 5.41) is 2.53. The Labute approximate surface area is 117 Å². The Bertz CT molecular complexity index is 566. The number of nitrogens with zero attached hydrogens (tertiary/aromatic N) is 1. The highest BCUT2D eigenvalue weighted by Crippen LogP contribution is 2.34. The fourth-order valence-electron chi connectivity index (χ4n) is 1.59. The molecule has 0 aliphatic heterocycles. The van der Waals surface area contributed by atoms with E-state index < -0.39 is 18.0 Å². The lowest BCUT2D eigenvalue weighted by Crippen LogP contribution is -2.28. The summed E-state index contributed by atoms with van der Waals surface area (Å²) in [6.45, 7) is 0. The van der Waals surface area contributed by atoms with Crippen molar-refractivity contribution < 1.29 is 17.6 Å². The summed E-state index contributed by atoms with van der Waals surface area (Å²) in [7, 11) is 0. The number of halogens is 5. The molecule has 1 aromatic carbocycles. The molecule has 2 nitrogen and oxygen atoms in total. The van der Waals surface area contributed by atoms with Crippen LogP contribution in [0.1, 0.15) is 11.7 Å². The Morgan fingerprint density at radius 3 is 2.20 bits per heavy atom. The van der Waals surface area contributed by atoms with Gasteiger partial charge in [-0.2, -0.15) is 13.2 Å². The third kappa shape index (κ3) is 3.60. The zero-order chi connectivity index (χ0) is 14.8. The van der Waals surface area contributed by atoms with Gasteiger partial charge in [-0.15, -0.1) is 0 Å². The smallest absolute Gasteiger partial charge is 0.369 e. The number of rotatable bonds is 3. The number of pyridine rings is 1. The molecule has 0 bridgehead atoms. The second-order valence-electron chi connectivity index (χ2n) is 4.03. The Kier molecular flexibility index (Phi) is 4.13. The molecular weight excluding hydrogens is 296 g/mol. The Morgan fingerprint density at radius 1 is 1.05 bits per heavy atom. The zero-order valence-corrected chi connectivity index (χ0v) is 10.7. The van der Waals surface area contributed by atoms with Crippen LogP contribution in [0.15, 0.2) is 42.6 Å². The van der Waals surface area contributed by atoms with Crippen molar-refractivity contribution in [2.24, 2.45) is 0 Å². The van der Waals surface area contributed by atoms with Crippen molar-refractivity contribution in [1.82, 2.24) is 4.98 Å². The first kappa shape index (κ1) is 14.6. The summed E-state index contributed by atoms with van der Waals surface area (Å²) in [5.74, 6) is -0.524. The van der Waals surface area contributed by atoms with E-state index in [1.165, 1.54) is 24.3 Å². The van der Waals surface area contributed by atoms with Gasteiger partial charge < -0.3 is 5.32 Å². The SMILES string of the molecule is Fc1ccc(N[C@@H](c2ccc(Cl)cn2)C(F)(F)F)cc1. The van der Waals surface area contributed by atoms with E-state index in [0.29, 0.717) is 0 Å². The van der Waals surface area contributed by atoms with E-state index in [-0.39, 0.29) is 16.4 Å². The van der Waals surface area contributed by atoms with E-state index in [9.17, 15) is 17.6 Å². The van der Waals surface area contributed by atoms with Crippen LogP contribution >= 0.6 is 11.6 Å². The second-order valence-corrected chi connectivity index (χ2v) is 4.46. The van der Waals surface area contributed by atoms with E-state index in [1.54, 1.807) is 0 Å². The topological polar surface area (TPSA) is 24.9 Å². The van der Waals surface area contributed by atoms with Crippen LogP contribution < -0.4 is 5.32 Å². The van der Waals surface area contributed by atoms with Crippen LogP contribution in [0.3, 0.4) is 0 Å². The monoisotopic (exact) mass is 304 g/mol. The average molecular weight is 305 g/mol. The number of anilines is 1. The van der Waals surface area contributed by atoms with Gasteiger partial charge in [0.05, 0.1) is 10.7 Å². The van der Waals surface area contributed by atoms with Gasteiger partial charge in [0.2, 0.25) is 0 Å². The maximum atomic E-state index is 13.1. The van der Waals surface area contributed by atoms with Gasteiger partial charge in [-0.3, -0.25) is 4.98 Å². The molecule has 1 atom stereocenters. The third-order valence-corrected chi connectivity index (χ3v) is 2.75. The minimum atomic E-state index is -4.55. The number of hydrogen-bond donors (Lipinski definition) is 1. The Morgan fingerprint density at radius 2 is 1.70 bits per heavy atom. The number of aromatic nitrogens is 1. The summed E-state index contributed by atoms with van der Waals surface area (Å²) >= 11 is 5.60. The molecule has 20 heavy (non-hydrogen) atoms. The van der Waals surface area contributed by atoms with Crippen LogP contribution in [-0.2, 0) is 0 Å². The summed E-state index contributed by atoms with van der Waals surface area (Å²) in [6.07, 6.45) is -3.41. The van der Waals surface area contributed by atoms with Gasteiger partial charge in [0.1, 0.15) is 5.82 Å². The molecule has 1 aromatic heterocycles. The zero-order valence-electron chi connectivity index (χ0n) is 9.96. The highest BCUT2D eigenvalue weighted by molar-refractivity contribution is 6.30. The van der Waals surface area contributed by atoms with Gasteiger partial charge >= 0.3 is 6.18 Å². The Balaban J connectivity index is 2.29. The summed E-state index contributed by atoms with van der Waals surface area (Å²) in [4.78, 5) is 3.67. The quantitative estimate of drug-likeness (QED) is 0.839. The van der Waals surface area contributed by atoms with E-state index in [4.69, 9.17) is 11.6 Å². The van der Waals surface area contributed by atoms with E-state index in [1.807, 2.05) is 0 Å². The molecule has 7 heteroatoms. The molecule has 0 aliphatic rings. The Hall–Kier alpha value is -1.82. The summed E-state index contributed by atoms with van der Waals surface area (Å²) in [6, 6.07) is 5.13. The fourth-order valence-corrected chi connectivity index (χ4v) is 1.71. The van der Waals surface area contributed by atoms with E-state index >= 15 is 0 Å². The minimum Gasteiger partial charge on any atom is -0.369 e. The first-order valence-corrected chi connectivity index (χ1v) is 5.94. The van der Waals surface area contributed by atoms with Gasteiger partial charge in [0, 0.05) is 11.9 Å². The number of hydrogen-bond acceptors (Lipinski definition) is 2. The van der Waals surface area contributed by atoms with Gasteiger partial charge in [-0.05, 0) is 36.4 Å². The van der Waals surface area contributed by atoms with Crippen molar-refractivity contribution in [2.45, 2.75) is 12.2 Å². The van der Waals surface area contributed by atoms with Gasteiger partial charge in [0.15, 0.2) is 6.04 Å². The highest BCUT2D eigenvalue weighted by Gasteiger charge is 2.41. The van der Waals surface area contributed by atoms with Gasteiger partial charge in [-0.25, -0.2) is 4.39 Å². The molecule has 2 rings (SSSR count). The first-order valence-electron chi connectivity index (χ1n) is 5.56. The maximum absolute atomic E-state index is 13.1. The van der Waals surface area contributed by atoms with Crippen LogP contribution in [0.25, 0.3) is 0 Å². The molecule has 0 saturated heterocycles. The molecule has 0 amide bonds. The molecule has 0 aliphatic carbocycles. The average Bonchev–Trinajstić information content (AvgIpc) is 2.38. The first-order chi connectivity index (χ1) is 9.36. The van der Waals surface area contributed by atoms with Crippen molar-refractivity contribution in [3.05, 3.63) is 59.1 Å². The minimum absolute atomic E-state index is 0.144. The molecular formula is C13H9ClF4N2. The lowest BCUT2D eigenvalue weighted by atomic mass is 10.1. The van der Waals surface area contributed by atoms with Crippen molar-refractivity contribution >= 4 is 17.3 Å². The third-order valence-electron chi connectivity index (χ3n) is 2.53. The maximum Gasteiger partial charge on any atom is 0.414 e. The van der Waals surface area contributed by atoms with Crippen LogP contribution in [0.4, 0.5) is 23.2 Å². The van der Waals surface area contributed by atoms with Crippen LogP contribution in [0.2, 0.25) is 5.02 Å². The van der Waals surface area contributed by atoms with Crippen molar-refractivity contribution in [2.75, 3.05) is 5.32 Å². The fraction of sp³-hybridized carbons (Fsp3) is 0.154. The van der Waals surface area contributed by atoms with Crippen molar-refractivity contribution in [1.29, 1.82) is 0 Å². The number of alkyl halides is 3. The molecule has 0 radical (unpaired) electrons. The van der Waals surface area contributed by atoms with E-state index in [0.717, 1.165) is 18.3 Å². The molecule has 0 spiro atoms. The second kappa shape index (κ2) is 5.66. The number of nitrogens with one attached hydrogen (secondary N) is 1. The van der Waals surface area contributed by atoms with Gasteiger partial charge in [0.25, 0.3) is 0 Å². The molecule has 0 unspecified atom stereocenters. The molecule has 2 aromatic rings. The normalized spacial score (nSPS) is 13.1. The lowest BCUT2D eigenvalue weighted by Gasteiger charge is -2.22. The molecule has 0 fully saturated rings. The number of benzene rings is 1. The largest absolute Gasteiger partial charge is 0.414 e. The van der Waals surface area contributed by atoms with Crippen molar-refractivity contribution in [3.63, 3.8) is 0 Å².